The molecule has 0 aliphatic heterocycles. The number of thioether (sulfide) groups is 1. The Morgan fingerprint density at radius 2 is 2.20 bits per heavy atom. The summed E-state index contributed by atoms with van der Waals surface area (Å²) in [7, 11) is 0. The molecule has 158 valence electrons. The normalized spacial score (nSPS) is 15.8. The van der Waals surface area contributed by atoms with Crippen LogP contribution in [0.2, 0.25) is 10.0 Å². The molecule has 0 spiro atoms. The third-order valence-electron chi connectivity index (χ3n) is 5.21. The van der Waals surface area contributed by atoms with Gasteiger partial charge in [-0.25, -0.2) is 0 Å². The molecule has 4 rings (SSSR count). The van der Waals surface area contributed by atoms with Gasteiger partial charge in [-0.1, -0.05) is 41.9 Å². The van der Waals surface area contributed by atoms with Crippen LogP contribution in [-0.4, -0.2) is 26.4 Å². The van der Waals surface area contributed by atoms with E-state index in [0.29, 0.717) is 15.7 Å². The molecule has 3 aromatic rings. The molecule has 0 radical (unpaired) electrons. The van der Waals surface area contributed by atoms with Gasteiger partial charge in [0, 0.05) is 27.4 Å². The van der Waals surface area contributed by atoms with Crippen molar-refractivity contribution in [3.05, 3.63) is 44.1 Å². The van der Waals surface area contributed by atoms with Crippen LogP contribution in [0, 0.1) is 5.92 Å². The topological polar surface area (TPSA) is 59.8 Å². The van der Waals surface area contributed by atoms with E-state index in [2.05, 4.69) is 39.3 Å². The molecular weight excluding hydrogens is 459 g/mol. The Morgan fingerprint density at radius 1 is 1.37 bits per heavy atom. The summed E-state index contributed by atoms with van der Waals surface area (Å²) in [5, 5.41) is 15.6. The predicted molar refractivity (Wildman–Crippen MR) is 126 cm³/mol. The van der Waals surface area contributed by atoms with Gasteiger partial charge in [-0.3, -0.25) is 4.79 Å². The summed E-state index contributed by atoms with van der Waals surface area (Å²) < 4.78 is 2.09. The first-order valence-corrected chi connectivity index (χ1v) is 12.5. The number of hydrogen-bond acceptors (Lipinski definition) is 5. The van der Waals surface area contributed by atoms with Crippen molar-refractivity contribution in [2.45, 2.75) is 44.8 Å². The monoisotopic (exact) mass is 480 g/mol. The second-order valence-corrected chi connectivity index (χ2v) is 10.2. The number of carbonyl (C=O) groups is 1. The zero-order chi connectivity index (χ0) is 21.3. The molecule has 1 aromatic carbocycles. The third-order valence-corrected chi connectivity index (χ3v) is 7.79. The SMILES string of the molecule is CCn1c(SCC(=O)Nc2cc(Cl)ccc2Cl)nnc1-c1csc2c1CCC(C)C2. The molecule has 2 heterocycles. The number of carbonyl (C=O) groups excluding carboxylic acids is 1. The Balaban J connectivity index is 1.48. The largest absolute Gasteiger partial charge is 0.324 e. The van der Waals surface area contributed by atoms with E-state index in [9.17, 15) is 4.79 Å². The lowest BCUT2D eigenvalue weighted by Gasteiger charge is -2.19. The summed E-state index contributed by atoms with van der Waals surface area (Å²) in [6, 6.07) is 4.98. The maximum absolute atomic E-state index is 12.4. The van der Waals surface area contributed by atoms with E-state index in [1.54, 1.807) is 18.2 Å². The number of halogens is 2. The van der Waals surface area contributed by atoms with Crippen LogP contribution in [0.15, 0.2) is 28.7 Å². The first kappa shape index (κ1) is 21.7. The summed E-state index contributed by atoms with van der Waals surface area (Å²) in [4.78, 5) is 13.9. The Bertz CT molecular complexity index is 1080. The molecule has 9 heteroatoms. The molecule has 0 saturated heterocycles. The number of hydrogen-bond donors (Lipinski definition) is 1. The van der Waals surface area contributed by atoms with E-state index in [4.69, 9.17) is 23.2 Å². The molecule has 1 aliphatic rings. The van der Waals surface area contributed by atoms with Crippen molar-refractivity contribution in [1.29, 1.82) is 0 Å². The van der Waals surface area contributed by atoms with Gasteiger partial charge >= 0.3 is 0 Å². The number of fused-ring (bicyclic) bond motifs is 1. The number of nitrogens with one attached hydrogen (secondary N) is 1. The first-order chi connectivity index (χ1) is 14.5. The Labute approximate surface area is 194 Å². The van der Waals surface area contributed by atoms with Gasteiger partial charge in [-0.2, -0.15) is 0 Å². The van der Waals surface area contributed by atoms with Crippen molar-refractivity contribution < 1.29 is 4.79 Å². The summed E-state index contributed by atoms with van der Waals surface area (Å²) in [5.74, 6) is 1.68. The molecule has 1 N–H and O–H groups in total. The highest BCUT2D eigenvalue weighted by Gasteiger charge is 2.24. The maximum atomic E-state index is 12.4. The van der Waals surface area contributed by atoms with Crippen LogP contribution < -0.4 is 5.32 Å². The molecule has 0 saturated carbocycles. The molecule has 1 unspecified atom stereocenters. The van der Waals surface area contributed by atoms with Gasteiger partial charge in [-0.15, -0.1) is 21.5 Å². The van der Waals surface area contributed by atoms with E-state index in [1.807, 2.05) is 11.3 Å². The molecule has 1 amide bonds. The fourth-order valence-electron chi connectivity index (χ4n) is 3.65. The average molecular weight is 481 g/mol. The number of thiophene rings is 1. The van der Waals surface area contributed by atoms with E-state index in [1.165, 1.54) is 34.2 Å². The Hall–Kier alpha value is -1.54. The summed E-state index contributed by atoms with van der Waals surface area (Å²) in [6.07, 6.45) is 3.45. The highest BCUT2D eigenvalue weighted by molar-refractivity contribution is 7.99. The average Bonchev–Trinajstić information content (AvgIpc) is 3.31. The maximum Gasteiger partial charge on any atom is 0.234 e. The minimum Gasteiger partial charge on any atom is -0.324 e. The molecule has 30 heavy (non-hydrogen) atoms. The van der Waals surface area contributed by atoms with Crippen LogP contribution in [-0.2, 0) is 24.2 Å². The number of nitrogens with zero attached hydrogens (tertiary/aromatic N) is 3. The number of anilines is 1. The van der Waals surface area contributed by atoms with Gasteiger partial charge in [0.05, 0.1) is 16.5 Å². The van der Waals surface area contributed by atoms with Crippen LogP contribution in [0.25, 0.3) is 11.4 Å². The standard InChI is InChI=1S/C21H22Cl2N4OS2/c1-3-27-20(15-10-29-18-8-12(2)4-6-14(15)18)25-26-21(27)30-11-19(28)24-17-9-13(22)5-7-16(17)23/h5,7,9-10,12H,3-4,6,8,11H2,1-2H3,(H,24,28). The molecular formula is C21H22Cl2N4OS2. The second kappa shape index (κ2) is 9.30. The van der Waals surface area contributed by atoms with Crippen molar-refractivity contribution >= 4 is 57.9 Å². The molecule has 1 aliphatic carbocycles. The number of rotatable bonds is 6. The second-order valence-electron chi connectivity index (χ2n) is 7.41. The van der Waals surface area contributed by atoms with E-state index < -0.39 is 0 Å². The van der Waals surface area contributed by atoms with Gasteiger partial charge in [0.2, 0.25) is 5.91 Å². The lowest BCUT2D eigenvalue weighted by molar-refractivity contribution is -0.113. The van der Waals surface area contributed by atoms with Gasteiger partial charge in [0.15, 0.2) is 11.0 Å². The third kappa shape index (κ3) is 4.54. The van der Waals surface area contributed by atoms with E-state index >= 15 is 0 Å². The quantitative estimate of drug-likeness (QED) is 0.427. The fraction of sp³-hybridized carbons (Fsp3) is 0.381. The molecule has 2 aromatic heterocycles. The molecule has 5 nitrogen and oxygen atoms in total. The van der Waals surface area contributed by atoms with Gasteiger partial charge < -0.3 is 9.88 Å². The summed E-state index contributed by atoms with van der Waals surface area (Å²) >= 11 is 15.3. The smallest absolute Gasteiger partial charge is 0.234 e. The zero-order valence-corrected chi connectivity index (χ0v) is 19.9. The number of benzene rings is 1. The molecule has 0 fully saturated rings. The lowest BCUT2D eigenvalue weighted by atomic mass is 9.88. The van der Waals surface area contributed by atoms with Gasteiger partial charge in [0.1, 0.15) is 0 Å². The van der Waals surface area contributed by atoms with E-state index in [0.717, 1.165) is 36.3 Å². The van der Waals surface area contributed by atoms with E-state index in [-0.39, 0.29) is 11.7 Å². The van der Waals surface area contributed by atoms with Crippen LogP contribution in [0.1, 0.15) is 30.7 Å². The minimum absolute atomic E-state index is 0.168. The first-order valence-electron chi connectivity index (χ1n) is 9.86. The minimum atomic E-state index is -0.168. The summed E-state index contributed by atoms with van der Waals surface area (Å²) in [6.45, 7) is 5.13. The van der Waals surface area contributed by atoms with Crippen LogP contribution >= 0.6 is 46.3 Å². The highest BCUT2D eigenvalue weighted by Crippen LogP contribution is 2.38. The van der Waals surface area contributed by atoms with Gasteiger partial charge in [0.25, 0.3) is 0 Å². The molecule has 0 bridgehead atoms. The number of aromatic nitrogens is 3. The van der Waals surface area contributed by atoms with Crippen LogP contribution in [0.4, 0.5) is 5.69 Å². The molecule has 1 atom stereocenters. The Morgan fingerprint density at radius 3 is 3.00 bits per heavy atom. The summed E-state index contributed by atoms with van der Waals surface area (Å²) in [5.41, 5.74) is 3.12. The lowest BCUT2D eigenvalue weighted by Crippen LogP contribution is -2.15. The zero-order valence-electron chi connectivity index (χ0n) is 16.7. The van der Waals surface area contributed by atoms with Crippen molar-refractivity contribution in [2.75, 3.05) is 11.1 Å². The van der Waals surface area contributed by atoms with Crippen molar-refractivity contribution in [3.63, 3.8) is 0 Å². The Kier molecular flexibility index (Phi) is 6.72. The van der Waals surface area contributed by atoms with Crippen molar-refractivity contribution in [2.24, 2.45) is 5.92 Å². The number of amides is 1. The van der Waals surface area contributed by atoms with Crippen LogP contribution in [0.3, 0.4) is 0 Å². The fourth-order valence-corrected chi connectivity index (χ4v) is 6.04. The highest BCUT2D eigenvalue weighted by atomic mass is 35.5. The van der Waals surface area contributed by atoms with Crippen LogP contribution in [0.5, 0.6) is 0 Å². The van der Waals surface area contributed by atoms with Gasteiger partial charge in [-0.05, 0) is 55.9 Å². The van der Waals surface area contributed by atoms with Crippen molar-refractivity contribution in [1.82, 2.24) is 14.8 Å². The van der Waals surface area contributed by atoms with Crippen molar-refractivity contribution in [3.8, 4) is 11.4 Å². The predicted octanol–water partition coefficient (Wildman–Crippen LogP) is 6.19.